The highest BCUT2D eigenvalue weighted by molar-refractivity contribution is 6.03. The monoisotopic (exact) mass is 415 g/mol. The van der Waals surface area contributed by atoms with Gasteiger partial charge in [0.2, 0.25) is 0 Å². The first-order chi connectivity index (χ1) is 15.1. The second kappa shape index (κ2) is 7.48. The summed E-state index contributed by atoms with van der Waals surface area (Å²) in [5.41, 5.74) is 6.45. The van der Waals surface area contributed by atoms with E-state index in [1.165, 1.54) is 0 Å². The van der Waals surface area contributed by atoms with Crippen LogP contribution in [0.1, 0.15) is 28.6 Å². The van der Waals surface area contributed by atoms with Crippen molar-refractivity contribution in [2.75, 3.05) is 13.7 Å². The highest BCUT2D eigenvalue weighted by Crippen LogP contribution is 2.39. The summed E-state index contributed by atoms with van der Waals surface area (Å²) in [7, 11) is 1.68. The Hall–Kier alpha value is -3.78. The van der Waals surface area contributed by atoms with Crippen molar-refractivity contribution in [1.82, 2.24) is 25.1 Å². The molecule has 8 heteroatoms. The molecule has 1 aromatic carbocycles. The molecular formula is C23H21N5O3. The normalized spacial score (nSPS) is 12.6. The van der Waals surface area contributed by atoms with Gasteiger partial charge in [0, 0.05) is 24.3 Å². The number of imidazole rings is 1. The second-order valence-corrected chi connectivity index (χ2v) is 7.54. The summed E-state index contributed by atoms with van der Waals surface area (Å²) in [6.07, 6.45) is 3.44. The maximum absolute atomic E-state index is 11.9. The van der Waals surface area contributed by atoms with Crippen LogP contribution in [0.2, 0.25) is 0 Å². The van der Waals surface area contributed by atoms with Crippen LogP contribution in [0.3, 0.4) is 0 Å². The van der Waals surface area contributed by atoms with E-state index in [0.29, 0.717) is 12.1 Å². The van der Waals surface area contributed by atoms with Gasteiger partial charge in [-0.15, -0.1) is 0 Å². The first kappa shape index (κ1) is 19.2. The van der Waals surface area contributed by atoms with Gasteiger partial charge in [-0.05, 0) is 49.2 Å². The number of nitrogens with one attached hydrogen (secondary N) is 2. The van der Waals surface area contributed by atoms with E-state index in [0.717, 1.165) is 50.3 Å². The number of pyridine rings is 2. The van der Waals surface area contributed by atoms with Crippen LogP contribution in [0, 0.1) is 13.8 Å². The van der Waals surface area contributed by atoms with Gasteiger partial charge in [0.25, 0.3) is 0 Å². The standard InChI is InChI=1S/C23H21N5O3/c1-12-21(13(2)31-28-12)15-9-19-16(22-20(10-25-19)26-23(29)27-22)8-14(15)17(11-30-3)18-6-4-5-7-24-18/h4-10,17H,11H2,1-3H3,(H2,26,27,29)/t17-/m1/s1. The van der Waals surface area contributed by atoms with Gasteiger partial charge in [-0.25, -0.2) is 4.79 Å². The van der Waals surface area contributed by atoms with Gasteiger partial charge in [0.15, 0.2) is 0 Å². The van der Waals surface area contributed by atoms with Crippen LogP contribution in [0.15, 0.2) is 52.0 Å². The summed E-state index contributed by atoms with van der Waals surface area (Å²) in [6, 6.07) is 9.93. The maximum atomic E-state index is 11.9. The van der Waals surface area contributed by atoms with E-state index in [9.17, 15) is 4.79 Å². The molecule has 0 aliphatic carbocycles. The van der Waals surface area contributed by atoms with Gasteiger partial charge in [-0.2, -0.15) is 0 Å². The number of aromatic nitrogens is 5. The minimum atomic E-state index is -0.265. The number of aromatic amines is 2. The van der Waals surface area contributed by atoms with Crippen molar-refractivity contribution >= 4 is 21.9 Å². The van der Waals surface area contributed by atoms with E-state index in [1.54, 1.807) is 19.5 Å². The molecule has 1 atom stereocenters. The van der Waals surface area contributed by atoms with Crippen LogP contribution < -0.4 is 5.69 Å². The summed E-state index contributed by atoms with van der Waals surface area (Å²) in [4.78, 5) is 26.8. The molecule has 0 aliphatic heterocycles. The fourth-order valence-corrected chi connectivity index (χ4v) is 4.21. The van der Waals surface area contributed by atoms with Crippen molar-refractivity contribution in [3.8, 4) is 11.1 Å². The summed E-state index contributed by atoms with van der Waals surface area (Å²) >= 11 is 0. The van der Waals surface area contributed by atoms with Crippen molar-refractivity contribution in [3.05, 3.63) is 75.9 Å². The molecule has 0 amide bonds. The number of fused-ring (bicyclic) bond motifs is 3. The number of ether oxygens (including phenoxy) is 1. The van der Waals surface area contributed by atoms with E-state index in [2.05, 4.69) is 31.2 Å². The Bertz CT molecular complexity index is 1430. The Labute approximate surface area is 177 Å². The lowest BCUT2D eigenvalue weighted by Gasteiger charge is -2.21. The number of hydrogen-bond donors (Lipinski definition) is 2. The zero-order chi connectivity index (χ0) is 21.5. The molecule has 0 saturated heterocycles. The number of hydrogen-bond acceptors (Lipinski definition) is 6. The Morgan fingerprint density at radius 1 is 1.16 bits per heavy atom. The molecule has 4 heterocycles. The fraction of sp³-hybridized carbons (Fsp3) is 0.217. The summed E-state index contributed by atoms with van der Waals surface area (Å²) in [6.45, 7) is 4.26. The summed E-state index contributed by atoms with van der Waals surface area (Å²) in [5.74, 6) is 0.589. The van der Waals surface area contributed by atoms with E-state index < -0.39 is 0 Å². The molecule has 0 radical (unpaired) electrons. The number of rotatable bonds is 5. The van der Waals surface area contributed by atoms with Crippen molar-refractivity contribution in [2.24, 2.45) is 0 Å². The minimum absolute atomic E-state index is 0.139. The quantitative estimate of drug-likeness (QED) is 0.451. The van der Waals surface area contributed by atoms with Crippen LogP contribution in [-0.4, -0.2) is 38.8 Å². The molecular weight excluding hydrogens is 394 g/mol. The highest BCUT2D eigenvalue weighted by Gasteiger charge is 2.25. The first-order valence-corrected chi connectivity index (χ1v) is 9.94. The summed E-state index contributed by atoms with van der Waals surface area (Å²) in [5, 5.41) is 5.00. The highest BCUT2D eigenvalue weighted by atomic mass is 16.5. The van der Waals surface area contributed by atoms with Crippen LogP contribution in [-0.2, 0) is 4.74 Å². The molecule has 8 nitrogen and oxygen atoms in total. The van der Waals surface area contributed by atoms with E-state index in [1.807, 2.05) is 38.1 Å². The molecule has 0 bridgehead atoms. The SMILES string of the molecule is COC[C@@H](c1ccccn1)c1cc2c(cc1-c1c(C)noc1C)ncc1[nH]c(=O)[nH]c12. The van der Waals surface area contributed by atoms with Crippen molar-refractivity contribution in [1.29, 1.82) is 0 Å². The van der Waals surface area contributed by atoms with Crippen LogP contribution >= 0.6 is 0 Å². The number of H-pyrrole nitrogens is 2. The third-order valence-corrected chi connectivity index (χ3v) is 5.58. The average Bonchev–Trinajstić information content (AvgIpc) is 3.32. The number of methoxy groups -OCH3 is 1. The second-order valence-electron chi connectivity index (χ2n) is 7.54. The van der Waals surface area contributed by atoms with Gasteiger partial charge in [-0.1, -0.05) is 11.2 Å². The molecule has 2 N–H and O–H groups in total. The predicted octanol–water partition coefficient (Wildman–Crippen LogP) is 3.85. The Morgan fingerprint density at radius 2 is 2.03 bits per heavy atom. The maximum Gasteiger partial charge on any atom is 0.323 e. The Balaban J connectivity index is 1.87. The third-order valence-electron chi connectivity index (χ3n) is 5.58. The number of nitrogens with zero attached hydrogens (tertiary/aromatic N) is 3. The molecule has 5 aromatic rings. The van der Waals surface area contributed by atoms with E-state index in [4.69, 9.17) is 9.26 Å². The molecule has 0 aliphatic rings. The average molecular weight is 415 g/mol. The van der Waals surface area contributed by atoms with E-state index >= 15 is 0 Å². The molecule has 4 aromatic heterocycles. The lowest BCUT2D eigenvalue weighted by Crippen LogP contribution is -2.11. The third kappa shape index (κ3) is 3.21. The van der Waals surface area contributed by atoms with Crippen molar-refractivity contribution in [2.45, 2.75) is 19.8 Å². The zero-order valence-electron chi connectivity index (χ0n) is 17.4. The van der Waals surface area contributed by atoms with Crippen molar-refractivity contribution in [3.63, 3.8) is 0 Å². The number of benzene rings is 1. The van der Waals surface area contributed by atoms with Gasteiger partial charge in [0.05, 0.1) is 46.7 Å². The smallest absolute Gasteiger partial charge is 0.323 e. The molecule has 5 rings (SSSR count). The van der Waals surface area contributed by atoms with Crippen LogP contribution in [0.5, 0.6) is 0 Å². The van der Waals surface area contributed by atoms with Gasteiger partial charge >= 0.3 is 5.69 Å². The van der Waals surface area contributed by atoms with Crippen molar-refractivity contribution < 1.29 is 9.26 Å². The largest absolute Gasteiger partial charge is 0.384 e. The molecule has 156 valence electrons. The lowest BCUT2D eigenvalue weighted by atomic mass is 9.86. The first-order valence-electron chi connectivity index (χ1n) is 9.94. The molecule has 31 heavy (non-hydrogen) atoms. The van der Waals surface area contributed by atoms with Gasteiger partial charge in [0.1, 0.15) is 5.76 Å². The van der Waals surface area contributed by atoms with Crippen LogP contribution in [0.4, 0.5) is 0 Å². The summed E-state index contributed by atoms with van der Waals surface area (Å²) < 4.78 is 11.1. The Kier molecular flexibility index (Phi) is 4.63. The molecule has 0 saturated carbocycles. The Morgan fingerprint density at radius 3 is 2.74 bits per heavy atom. The van der Waals surface area contributed by atoms with Gasteiger partial charge < -0.3 is 19.2 Å². The fourth-order valence-electron chi connectivity index (χ4n) is 4.21. The zero-order valence-corrected chi connectivity index (χ0v) is 17.4. The number of aryl methyl sites for hydroxylation is 2. The topological polar surface area (TPSA) is 110 Å². The van der Waals surface area contributed by atoms with Crippen LogP contribution in [0.25, 0.3) is 33.1 Å². The lowest BCUT2D eigenvalue weighted by molar-refractivity contribution is 0.188. The van der Waals surface area contributed by atoms with E-state index in [-0.39, 0.29) is 11.6 Å². The van der Waals surface area contributed by atoms with Gasteiger partial charge in [-0.3, -0.25) is 9.97 Å². The molecule has 0 fully saturated rings. The predicted molar refractivity (Wildman–Crippen MR) is 117 cm³/mol. The minimum Gasteiger partial charge on any atom is -0.384 e. The molecule has 0 unspecified atom stereocenters. The molecule has 0 spiro atoms.